The molecule has 0 aliphatic carbocycles. The predicted molar refractivity (Wildman–Crippen MR) is 83.2 cm³/mol. The summed E-state index contributed by atoms with van der Waals surface area (Å²) in [6.45, 7) is 2.46. The number of hydrogen-bond donors (Lipinski definition) is 2. The van der Waals surface area contributed by atoms with E-state index in [1.807, 2.05) is 0 Å². The van der Waals surface area contributed by atoms with Crippen LogP contribution in [0, 0.1) is 0 Å². The molecular formula is C15H22N2O5. The van der Waals surface area contributed by atoms with Crippen LogP contribution in [0.25, 0.3) is 0 Å². The number of carbonyl (C=O) groups excluding carboxylic acids is 2. The monoisotopic (exact) mass is 310 g/mol. The summed E-state index contributed by atoms with van der Waals surface area (Å²) in [5, 5.41) is 5.78. The molecule has 0 unspecified atom stereocenters. The van der Waals surface area contributed by atoms with Gasteiger partial charge in [-0.3, -0.25) is 9.59 Å². The quantitative estimate of drug-likeness (QED) is 0.533. The van der Waals surface area contributed by atoms with Gasteiger partial charge in [-0.1, -0.05) is 0 Å². The van der Waals surface area contributed by atoms with Crippen molar-refractivity contribution in [3.05, 3.63) is 18.2 Å². The summed E-state index contributed by atoms with van der Waals surface area (Å²) in [7, 11) is 3.10. The normalized spacial score (nSPS) is 9.95. The van der Waals surface area contributed by atoms with Crippen molar-refractivity contribution >= 4 is 23.3 Å². The molecule has 7 nitrogen and oxygen atoms in total. The van der Waals surface area contributed by atoms with Gasteiger partial charge in [0.15, 0.2) is 0 Å². The van der Waals surface area contributed by atoms with Crippen LogP contribution < -0.4 is 15.4 Å². The van der Waals surface area contributed by atoms with Crippen molar-refractivity contribution in [3.8, 4) is 5.75 Å². The molecule has 2 N–H and O–H groups in total. The highest BCUT2D eigenvalue weighted by molar-refractivity contribution is 5.89. The van der Waals surface area contributed by atoms with Crippen LogP contribution in [-0.2, 0) is 19.1 Å². The maximum absolute atomic E-state index is 11.5. The molecule has 0 aromatic heterocycles. The van der Waals surface area contributed by atoms with Gasteiger partial charge >= 0.3 is 5.97 Å². The zero-order chi connectivity index (χ0) is 16.4. The van der Waals surface area contributed by atoms with Crippen LogP contribution in [0.4, 0.5) is 11.4 Å². The van der Waals surface area contributed by atoms with E-state index in [-0.39, 0.29) is 24.9 Å². The fourth-order valence-corrected chi connectivity index (χ4v) is 1.74. The lowest BCUT2D eigenvalue weighted by Crippen LogP contribution is -2.14. The number of esters is 1. The Balaban J connectivity index is 2.52. The molecule has 0 atom stereocenters. The van der Waals surface area contributed by atoms with Crippen molar-refractivity contribution in [3.63, 3.8) is 0 Å². The lowest BCUT2D eigenvalue weighted by molar-refractivity contribution is -0.144. The number of benzene rings is 1. The smallest absolute Gasteiger partial charge is 0.307 e. The third-order valence-corrected chi connectivity index (χ3v) is 2.71. The minimum absolute atomic E-state index is 0.155. The second kappa shape index (κ2) is 9.62. The standard InChI is InChI=1S/C15H22N2O5/c1-11(18)17-12-4-5-14(21-3)13(10-12)16-7-6-15(19)22-9-8-20-2/h4-5,10,16H,6-9H2,1-3H3,(H,17,18). The average molecular weight is 310 g/mol. The van der Waals surface area contributed by atoms with Crippen LogP contribution in [0.1, 0.15) is 13.3 Å². The van der Waals surface area contributed by atoms with Gasteiger partial charge in [0.1, 0.15) is 12.4 Å². The van der Waals surface area contributed by atoms with E-state index < -0.39 is 0 Å². The first-order valence-electron chi connectivity index (χ1n) is 6.91. The summed E-state index contributed by atoms with van der Waals surface area (Å²) in [5.41, 5.74) is 1.34. The molecule has 0 spiro atoms. The highest BCUT2D eigenvalue weighted by Gasteiger charge is 2.07. The molecule has 122 valence electrons. The molecule has 0 saturated carbocycles. The fourth-order valence-electron chi connectivity index (χ4n) is 1.74. The Morgan fingerprint density at radius 3 is 2.59 bits per heavy atom. The highest BCUT2D eigenvalue weighted by Crippen LogP contribution is 2.27. The Hall–Kier alpha value is -2.28. The van der Waals surface area contributed by atoms with Crippen LogP contribution in [0.5, 0.6) is 5.75 Å². The molecule has 1 amide bonds. The lowest BCUT2D eigenvalue weighted by atomic mass is 10.2. The number of methoxy groups -OCH3 is 2. The first kappa shape index (κ1) is 17.8. The SMILES string of the molecule is COCCOC(=O)CCNc1cc(NC(C)=O)ccc1OC. The largest absolute Gasteiger partial charge is 0.495 e. The Bertz CT molecular complexity index is 505. The van der Waals surface area contributed by atoms with Gasteiger partial charge in [-0.2, -0.15) is 0 Å². The molecule has 0 bridgehead atoms. The Labute approximate surface area is 129 Å². The van der Waals surface area contributed by atoms with E-state index in [1.165, 1.54) is 6.92 Å². The summed E-state index contributed by atoms with van der Waals surface area (Å²) in [5.74, 6) is 0.168. The van der Waals surface area contributed by atoms with Gasteiger partial charge in [-0.15, -0.1) is 0 Å². The van der Waals surface area contributed by atoms with E-state index in [2.05, 4.69) is 10.6 Å². The fraction of sp³-hybridized carbons (Fsp3) is 0.467. The minimum Gasteiger partial charge on any atom is -0.495 e. The Kier molecular flexibility index (Phi) is 7.77. The molecular weight excluding hydrogens is 288 g/mol. The van der Waals surface area contributed by atoms with Gasteiger partial charge in [-0.05, 0) is 18.2 Å². The van der Waals surface area contributed by atoms with Gasteiger partial charge in [0, 0.05) is 26.3 Å². The number of rotatable bonds is 9. The summed E-state index contributed by atoms with van der Waals surface area (Å²) >= 11 is 0. The van der Waals surface area contributed by atoms with Crippen molar-refractivity contribution in [2.24, 2.45) is 0 Å². The highest BCUT2D eigenvalue weighted by atomic mass is 16.6. The van der Waals surface area contributed by atoms with E-state index in [4.69, 9.17) is 14.2 Å². The van der Waals surface area contributed by atoms with Crippen LogP contribution in [0.3, 0.4) is 0 Å². The second-order valence-corrected chi connectivity index (χ2v) is 4.49. The molecule has 0 saturated heterocycles. The number of ether oxygens (including phenoxy) is 3. The van der Waals surface area contributed by atoms with Crippen LogP contribution in [0.2, 0.25) is 0 Å². The summed E-state index contributed by atoms with van der Waals surface area (Å²) in [6, 6.07) is 5.23. The van der Waals surface area contributed by atoms with Gasteiger partial charge in [0.25, 0.3) is 0 Å². The minimum atomic E-state index is -0.304. The molecule has 1 aromatic carbocycles. The molecule has 0 heterocycles. The van der Waals surface area contributed by atoms with Crippen molar-refractivity contribution in [1.82, 2.24) is 0 Å². The van der Waals surface area contributed by atoms with Gasteiger partial charge in [0.05, 0.1) is 25.8 Å². The van der Waals surface area contributed by atoms with Crippen LogP contribution in [-0.4, -0.2) is 45.9 Å². The van der Waals surface area contributed by atoms with E-state index in [1.54, 1.807) is 32.4 Å². The van der Waals surface area contributed by atoms with E-state index in [0.717, 1.165) is 0 Å². The molecule has 0 aliphatic rings. The number of anilines is 2. The lowest BCUT2D eigenvalue weighted by Gasteiger charge is -2.13. The van der Waals surface area contributed by atoms with Crippen molar-refractivity contribution in [1.29, 1.82) is 0 Å². The molecule has 22 heavy (non-hydrogen) atoms. The molecule has 0 fully saturated rings. The topological polar surface area (TPSA) is 85.9 Å². The zero-order valence-electron chi connectivity index (χ0n) is 13.1. The van der Waals surface area contributed by atoms with Gasteiger partial charge in [-0.25, -0.2) is 0 Å². The van der Waals surface area contributed by atoms with Crippen molar-refractivity contribution in [2.75, 3.05) is 44.6 Å². The van der Waals surface area contributed by atoms with E-state index >= 15 is 0 Å². The third kappa shape index (κ3) is 6.45. The zero-order valence-corrected chi connectivity index (χ0v) is 13.1. The van der Waals surface area contributed by atoms with E-state index in [9.17, 15) is 9.59 Å². The first-order chi connectivity index (χ1) is 10.6. The Morgan fingerprint density at radius 1 is 1.18 bits per heavy atom. The second-order valence-electron chi connectivity index (χ2n) is 4.49. The van der Waals surface area contributed by atoms with Crippen LogP contribution in [0.15, 0.2) is 18.2 Å². The third-order valence-electron chi connectivity index (χ3n) is 2.71. The molecule has 1 rings (SSSR count). The predicted octanol–water partition coefficient (Wildman–Crippen LogP) is 1.65. The number of amides is 1. The first-order valence-corrected chi connectivity index (χ1v) is 6.91. The molecule has 0 radical (unpaired) electrons. The van der Waals surface area contributed by atoms with Gasteiger partial charge < -0.3 is 24.8 Å². The van der Waals surface area contributed by atoms with Crippen molar-refractivity contribution < 1.29 is 23.8 Å². The molecule has 0 aliphatic heterocycles. The molecule has 1 aromatic rings. The summed E-state index contributed by atoms with van der Waals surface area (Å²) < 4.78 is 15.0. The number of hydrogen-bond acceptors (Lipinski definition) is 6. The molecule has 7 heteroatoms. The van der Waals surface area contributed by atoms with Crippen LogP contribution >= 0.6 is 0 Å². The average Bonchev–Trinajstić information content (AvgIpc) is 2.47. The number of carbonyl (C=O) groups is 2. The maximum Gasteiger partial charge on any atom is 0.307 e. The summed E-state index contributed by atoms with van der Waals surface area (Å²) in [6.07, 6.45) is 0.219. The van der Waals surface area contributed by atoms with Gasteiger partial charge in [0.2, 0.25) is 5.91 Å². The van der Waals surface area contributed by atoms with E-state index in [0.29, 0.717) is 30.3 Å². The van der Waals surface area contributed by atoms with Crippen molar-refractivity contribution in [2.45, 2.75) is 13.3 Å². The summed E-state index contributed by atoms with van der Waals surface area (Å²) in [4.78, 5) is 22.5. The maximum atomic E-state index is 11.5. The number of nitrogens with one attached hydrogen (secondary N) is 2. The Morgan fingerprint density at radius 2 is 1.95 bits per heavy atom.